The van der Waals surface area contributed by atoms with Crippen LogP contribution in [-0.4, -0.2) is 19.8 Å². The molecule has 0 aliphatic heterocycles. The van der Waals surface area contributed by atoms with Crippen molar-refractivity contribution in [2.24, 2.45) is 0 Å². The first-order valence-corrected chi connectivity index (χ1v) is 8.18. The summed E-state index contributed by atoms with van der Waals surface area (Å²) in [5.41, 5.74) is -1.05. The minimum Gasteiger partial charge on any atom is -0.506 e. The van der Waals surface area contributed by atoms with Gasteiger partial charge in [0, 0.05) is 28.4 Å². The maximum absolute atomic E-state index is 13.3. The van der Waals surface area contributed by atoms with Gasteiger partial charge < -0.3 is 15.2 Å². The van der Waals surface area contributed by atoms with E-state index in [4.69, 9.17) is 0 Å². The number of alkyl halides is 3. The van der Waals surface area contributed by atoms with Crippen molar-refractivity contribution in [3.8, 4) is 28.6 Å². The Balaban J connectivity index is 1.89. The number of pyridine rings is 1. The fraction of sp³-hybridized carbons (Fsp3) is 0.0500. The van der Waals surface area contributed by atoms with Gasteiger partial charge in [-0.1, -0.05) is 24.3 Å². The molecule has 0 atom stereocenters. The maximum Gasteiger partial charge on any atom is 0.417 e. The highest BCUT2D eigenvalue weighted by molar-refractivity contribution is 5.87. The second kappa shape index (κ2) is 6.19. The average molecular weight is 386 g/mol. The van der Waals surface area contributed by atoms with E-state index >= 15 is 0 Å². The van der Waals surface area contributed by atoms with Gasteiger partial charge >= 0.3 is 6.18 Å². The fourth-order valence-electron chi connectivity index (χ4n) is 3.15. The van der Waals surface area contributed by atoms with E-state index in [9.17, 15) is 28.2 Å². The number of benzene rings is 2. The van der Waals surface area contributed by atoms with Gasteiger partial charge in [-0.05, 0) is 29.7 Å². The van der Waals surface area contributed by atoms with Crippen molar-refractivity contribution in [3.63, 3.8) is 0 Å². The molecular weight excluding hydrogens is 373 g/mol. The van der Waals surface area contributed by atoms with Crippen LogP contribution in [0.1, 0.15) is 5.56 Å². The van der Waals surface area contributed by atoms with Crippen LogP contribution >= 0.6 is 0 Å². The Kier molecular flexibility index (Phi) is 3.92. The van der Waals surface area contributed by atoms with Crippen LogP contribution in [-0.2, 0) is 6.18 Å². The number of aromatic amines is 1. The Morgan fingerprint density at radius 3 is 2.39 bits per heavy atom. The van der Waals surface area contributed by atoms with Gasteiger partial charge in [0.2, 0.25) is 0 Å². The lowest BCUT2D eigenvalue weighted by Gasteiger charge is -2.13. The predicted molar refractivity (Wildman–Crippen MR) is 97.7 cm³/mol. The van der Waals surface area contributed by atoms with Crippen molar-refractivity contribution in [2.75, 3.05) is 0 Å². The van der Waals surface area contributed by atoms with E-state index in [0.717, 1.165) is 12.1 Å². The van der Waals surface area contributed by atoms with Crippen LogP contribution in [0.25, 0.3) is 27.7 Å². The Morgan fingerprint density at radius 2 is 1.71 bits per heavy atom. The second-order valence-electron chi connectivity index (χ2n) is 6.25. The number of hydrogen-bond acceptors (Lipinski definition) is 3. The van der Waals surface area contributed by atoms with Gasteiger partial charge in [0.05, 0.1) is 11.8 Å². The lowest BCUT2D eigenvalue weighted by Crippen LogP contribution is -2.11. The van der Waals surface area contributed by atoms with E-state index < -0.39 is 17.3 Å². The van der Waals surface area contributed by atoms with Gasteiger partial charge in [0.15, 0.2) is 5.88 Å². The van der Waals surface area contributed by atoms with Gasteiger partial charge in [-0.3, -0.25) is 9.36 Å². The molecule has 0 unspecified atom stereocenters. The monoisotopic (exact) mass is 386 g/mol. The first kappa shape index (κ1) is 17.7. The average Bonchev–Trinajstić information content (AvgIpc) is 2.99. The first-order chi connectivity index (χ1) is 13.2. The number of fused-ring (bicyclic) bond motifs is 1. The zero-order chi connectivity index (χ0) is 20.1. The number of aromatic hydroxyl groups is 2. The van der Waals surface area contributed by atoms with Crippen molar-refractivity contribution in [2.45, 2.75) is 6.18 Å². The van der Waals surface area contributed by atoms with E-state index in [1.807, 2.05) is 0 Å². The van der Waals surface area contributed by atoms with Gasteiger partial charge in [0.1, 0.15) is 5.75 Å². The summed E-state index contributed by atoms with van der Waals surface area (Å²) < 4.78 is 41.1. The Morgan fingerprint density at radius 1 is 0.964 bits per heavy atom. The lowest BCUT2D eigenvalue weighted by atomic mass is 10.0. The largest absolute Gasteiger partial charge is 0.506 e. The summed E-state index contributed by atoms with van der Waals surface area (Å²) in [6, 6.07) is 12.3. The van der Waals surface area contributed by atoms with Gasteiger partial charge in [0.25, 0.3) is 5.56 Å². The van der Waals surface area contributed by atoms with Crippen LogP contribution in [0.15, 0.2) is 65.6 Å². The van der Waals surface area contributed by atoms with Crippen molar-refractivity contribution < 1.29 is 23.4 Å². The smallest absolute Gasteiger partial charge is 0.417 e. The summed E-state index contributed by atoms with van der Waals surface area (Å²) in [5.74, 6) is -0.366. The van der Waals surface area contributed by atoms with Crippen molar-refractivity contribution in [1.82, 2.24) is 9.55 Å². The van der Waals surface area contributed by atoms with Gasteiger partial charge in [-0.15, -0.1) is 0 Å². The van der Waals surface area contributed by atoms with Gasteiger partial charge in [-0.25, -0.2) is 0 Å². The number of nitrogens with zero attached hydrogens (tertiary/aromatic N) is 1. The number of H-pyrrole nitrogens is 1. The van der Waals surface area contributed by atoms with Crippen molar-refractivity contribution in [3.05, 3.63) is 76.7 Å². The minimum absolute atomic E-state index is 0.0552. The minimum atomic E-state index is -4.56. The van der Waals surface area contributed by atoms with E-state index in [1.54, 1.807) is 12.1 Å². The SMILES string of the molecule is O=c1[nH]c(-c2ccccc2C(F)(F)F)cc2ccc(-n3cc(O)cc3O)cc12. The number of halogens is 3. The van der Waals surface area contributed by atoms with Crippen molar-refractivity contribution >= 4 is 10.8 Å². The molecule has 0 aliphatic rings. The number of rotatable bonds is 2. The second-order valence-corrected chi connectivity index (χ2v) is 6.25. The molecule has 142 valence electrons. The zero-order valence-corrected chi connectivity index (χ0v) is 14.2. The number of nitrogens with one attached hydrogen (secondary N) is 1. The quantitative estimate of drug-likeness (QED) is 0.477. The first-order valence-electron chi connectivity index (χ1n) is 8.18. The predicted octanol–water partition coefficient (Wildman–Crippen LogP) is 4.42. The van der Waals surface area contributed by atoms with Gasteiger partial charge in [-0.2, -0.15) is 13.2 Å². The molecule has 5 nitrogen and oxygen atoms in total. The molecule has 0 saturated carbocycles. The molecule has 2 heterocycles. The zero-order valence-electron chi connectivity index (χ0n) is 14.2. The van der Waals surface area contributed by atoms with Crippen LogP contribution in [0.3, 0.4) is 0 Å². The van der Waals surface area contributed by atoms with Crippen LogP contribution in [0.5, 0.6) is 11.6 Å². The normalized spacial score (nSPS) is 11.8. The molecule has 4 aromatic rings. The Labute approximate surface area is 155 Å². The highest BCUT2D eigenvalue weighted by Crippen LogP contribution is 2.36. The third kappa shape index (κ3) is 2.98. The van der Waals surface area contributed by atoms with Crippen LogP contribution < -0.4 is 5.56 Å². The van der Waals surface area contributed by atoms with E-state index in [-0.39, 0.29) is 28.3 Å². The fourth-order valence-corrected chi connectivity index (χ4v) is 3.15. The molecule has 0 bridgehead atoms. The summed E-state index contributed by atoms with van der Waals surface area (Å²) >= 11 is 0. The lowest BCUT2D eigenvalue weighted by molar-refractivity contribution is -0.137. The number of aromatic nitrogens is 2. The third-order valence-corrected chi connectivity index (χ3v) is 4.42. The van der Waals surface area contributed by atoms with E-state index in [2.05, 4.69) is 4.98 Å². The van der Waals surface area contributed by atoms with Crippen LogP contribution in [0.2, 0.25) is 0 Å². The molecule has 0 radical (unpaired) electrons. The molecule has 0 spiro atoms. The molecule has 0 saturated heterocycles. The summed E-state index contributed by atoms with van der Waals surface area (Å²) in [5, 5.41) is 20.0. The Hall–Kier alpha value is -3.68. The molecule has 2 aromatic carbocycles. The summed E-state index contributed by atoms with van der Waals surface area (Å²) in [7, 11) is 0. The summed E-state index contributed by atoms with van der Waals surface area (Å²) in [6.07, 6.45) is -3.28. The molecule has 0 aliphatic carbocycles. The summed E-state index contributed by atoms with van der Waals surface area (Å²) in [4.78, 5) is 15.1. The summed E-state index contributed by atoms with van der Waals surface area (Å²) in [6.45, 7) is 0. The van der Waals surface area contributed by atoms with Crippen LogP contribution in [0.4, 0.5) is 13.2 Å². The van der Waals surface area contributed by atoms with E-state index in [0.29, 0.717) is 11.1 Å². The third-order valence-electron chi connectivity index (χ3n) is 4.42. The molecule has 3 N–H and O–H groups in total. The van der Waals surface area contributed by atoms with E-state index in [1.165, 1.54) is 41.1 Å². The maximum atomic E-state index is 13.3. The molecule has 2 aromatic heterocycles. The molecule has 28 heavy (non-hydrogen) atoms. The number of hydrogen-bond donors (Lipinski definition) is 3. The molecule has 0 fully saturated rings. The standard InChI is InChI=1S/C20H13F3N2O3/c21-20(22,23)16-4-2-1-3-14(16)17-7-11-5-6-12(8-15(11)19(28)24-17)25-10-13(26)9-18(25)27/h1-10,26-27H,(H,24,28). The molecule has 8 heteroatoms. The topological polar surface area (TPSA) is 78.2 Å². The molecule has 4 rings (SSSR count). The highest BCUT2D eigenvalue weighted by atomic mass is 19.4. The molecular formula is C20H13F3N2O3. The highest BCUT2D eigenvalue weighted by Gasteiger charge is 2.33. The van der Waals surface area contributed by atoms with Crippen molar-refractivity contribution in [1.29, 1.82) is 0 Å². The van der Waals surface area contributed by atoms with Crippen LogP contribution in [0, 0.1) is 0 Å². The Bertz CT molecular complexity index is 1260. The molecule has 0 amide bonds.